The molecular weight excluding hydrogens is 304 g/mol. The molecule has 0 saturated carbocycles. The molecule has 1 aromatic heterocycles. The second kappa shape index (κ2) is 7.28. The van der Waals surface area contributed by atoms with Gasteiger partial charge in [-0.2, -0.15) is 5.10 Å². The summed E-state index contributed by atoms with van der Waals surface area (Å²) in [7, 11) is 1.63. The van der Waals surface area contributed by atoms with Gasteiger partial charge in [-0.3, -0.25) is 0 Å². The minimum atomic E-state index is 0.362. The molecule has 7 heteroatoms. The van der Waals surface area contributed by atoms with E-state index >= 15 is 0 Å². The van der Waals surface area contributed by atoms with E-state index < -0.39 is 0 Å². The number of aromatic nitrogens is 3. The maximum absolute atomic E-state index is 5.92. The Balaban J connectivity index is 1.59. The lowest BCUT2D eigenvalue weighted by Crippen LogP contribution is -2.22. The van der Waals surface area contributed by atoms with Gasteiger partial charge >= 0.3 is 0 Å². The highest BCUT2D eigenvalue weighted by Crippen LogP contribution is 2.15. The van der Waals surface area contributed by atoms with Crippen LogP contribution in [-0.4, -0.2) is 27.8 Å². The fourth-order valence-electron chi connectivity index (χ4n) is 2.13. The van der Waals surface area contributed by atoms with Crippen LogP contribution in [0.1, 0.15) is 5.56 Å². The molecule has 0 spiro atoms. The molecule has 0 saturated heterocycles. The number of ether oxygens (including phenoxy) is 1. The first-order valence-electron chi connectivity index (χ1n) is 7.39. The Morgan fingerprint density at radius 3 is 2.54 bits per heavy atom. The molecule has 3 aromatic rings. The highest BCUT2D eigenvalue weighted by molar-refractivity contribution is 5.92. The van der Waals surface area contributed by atoms with Gasteiger partial charge in [0.2, 0.25) is 0 Å². The van der Waals surface area contributed by atoms with Crippen molar-refractivity contribution >= 4 is 11.6 Å². The van der Waals surface area contributed by atoms with E-state index in [0.717, 1.165) is 22.7 Å². The van der Waals surface area contributed by atoms with Gasteiger partial charge < -0.3 is 15.8 Å². The zero-order chi connectivity index (χ0) is 16.8. The van der Waals surface area contributed by atoms with Crippen LogP contribution >= 0.6 is 0 Å². The van der Waals surface area contributed by atoms with E-state index in [1.54, 1.807) is 18.1 Å². The number of rotatable bonds is 5. The van der Waals surface area contributed by atoms with E-state index in [1.807, 2.05) is 48.5 Å². The number of hydrogen-bond donors (Lipinski definition) is 2. The molecule has 0 aliphatic heterocycles. The van der Waals surface area contributed by atoms with Crippen LogP contribution in [-0.2, 0) is 6.54 Å². The SMILES string of the molecule is COc1ccc(NC(N)=NCc2ccc(-n3cncn3)cc2)cc1. The molecule has 0 aliphatic rings. The summed E-state index contributed by atoms with van der Waals surface area (Å²) in [6, 6.07) is 15.4. The number of aliphatic imine (C=N–C) groups is 1. The summed E-state index contributed by atoms with van der Waals surface area (Å²) in [5.41, 5.74) is 8.78. The maximum Gasteiger partial charge on any atom is 0.193 e. The summed E-state index contributed by atoms with van der Waals surface area (Å²) in [6.45, 7) is 0.493. The molecule has 0 bridgehead atoms. The van der Waals surface area contributed by atoms with Crippen molar-refractivity contribution in [2.45, 2.75) is 6.54 Å². The lowest BCUT2D eigenvalue weighted by Gasteiger charge is -2.07. The Morgan fingerprint density at radius 2 is 1.92 bits per heavy atom. The van der Waals surface area contributed by atoms with Crippen molar-refractivity contribution in [3.63, 3.8) is 0 Å². The summed E-state index contributed by atoms with van der Waals surface area (Å²) in [4.78, 5) is 8.27. The quantitative estimate of drug-likeness (QED) is 0.555. The first-order valence-corrected chi connectivity index (χ1v) is 7.39. The molecule has 0 amide bonds. The van der Waals surface area contributed by atoms with Crippen LogP contribution < -0.4 is 15.8 Å². The number of guanidine groups is 1. The van der Waals surface area contributed by atoms with Crippen LogP contribution in [0.2, 0.25) is 0 Å². The standard InChI is InChI=1S/C17H18N6O/c1-24-16-8-4-14(5-9-16)22-17(18)20-10-13-2-6-15(7-3-13)23-12-19-11-21-23/h2-9,11-12H,10H2,1H3,(H3,18,20,22). The molecule has 7 nitrogen and oxygen atoms in total. The second-order valence-corrected chi connectivity index (χ2v) is 5.06. The molecule has 0 aliphatic carbocycles. The topological polar surface area (TPSA) is 90.3 Å². The zero-order valence-electron chi connectivity index (χ0n) is 13.3. The summed E-state index contributed by atoms with van der Waals surface area (Å²) in [5.74, 6) is 1.16. The minimum absolute atomic E-state index is 0.362. The number of nitrogens with one attached hydrogen (secondary N) is 1. The molecule has 122 valence electrons. The Labute approximate surface area is 139 Å². The van der Waals surface area contributed by atoms with E-state index in [9.17, 15) is 0 Å². The molecule has 0 fully saturated rings. The average Bonchev–Trinajstić information content (AvgIpc) is 3.16. The van der Waals surface area contributed by atoms with E-state index in [1.165, 1.54) is 6.33 Å². The Hall–Kier alpha value is -3.35. The van der Waals surface area contributed by atoms with E-state index in [4.69, 9.17) is 10.5 Å². The average molecular weight is 322 g/mol. The van der Waals surface area contributed by atoms with Crippen molar-refractivity contribution in [3.8, 4) is 11.4 Å². The summed E-state index contributed by atoms with van der Waals surface area (Å²) in [5, 5.41) is 7.14. The Kier molecular flexibility index (Phi) is 4.71. The van der Waals surface area contributed by atoms with Gasteiger partial charge in [0.05, 0.1) is 19.3 Å². The molecule has 0 unspecified atom stereocenters. The third-order valence-electron chi connectivity index (χ3n) is 3.41. The van der Waals surface area contributed by atoms with Gasteiger partial charge in [-0.05, 0) is 42.0 Å². The second-order valence-electron chi connectivity index (χ2n) is 5.06. The normalized spacial score (nSPS) is 11.3. The fraction of sp³-hybridized carbons (Fsp3) is 0.118. The predicted molar refractivity (Wildman–Crippen MR) is 93.3 cm³/mol. The fourth-order valence-corrected chi connectivity index (χ4v) is 2.13. The van der Waals surface area contributed by atoms with Crippen LogP contribution in [0.5, 0.6) is 5.75 Å². The van der Waals surface area contributed by atoms with Gasteiger partial charge in [-0.15, -0.1) is 0 Å². The van der Waals surface area contributed by atoms with Crippen LogP contribution in [0.4, 0.5) is 5.69 Å². The molecule has 0 atom stereocenters. The smallest absolute Gasteiger partial charge is 0.193 e. The van der Waals surface area contributed by atoms with Crippen molar-refractivity contribution in [1.82, 2.24) is 14.8 Å². The number of nitrogens with two attached hydrogens (primary N) is 1. The highest BCUT2D eigenvalue weighted by atomic mass is 16.5. The van der Waals surface area contributed by atoms with Gasteiger partial charge in [0, 0.05) is 5.69 Å². The van der Waals surface area contributed by atoms with E-state index in [-0.39, 0.29) is 0 Å². The Morgan fingerprint density at radius 1 is 1.17 bits per heavy atom. The number of benzene rings is 2. The van der Waals surface area contributed by atoms with Crippen molar-refractivity contribution < 1.29 is 4.74 Å². The third kappa shape index (κ3) is 3.89. The van der Waals surface area contributed by atoms with E-state index in [2.05, 4.69) is 20.4 Å². The minimum Gasteiger partial charge on any atom is -0.497 e. The van der Waals surface area contributed by atoms with Gasteiger partial charge in [0.15, 0.2) is 5.96 Å². The van der Waals surface area contributed by atoms with Crippen LogP contribution in [0.15, 0.2) is 66.2 Å². The number of hydrogen-bond acceptors (Lipinski definition) is 4. The van der Waals surface area contributed by atoms with Crippen LogP contribution in [0, 0.1) is 0 Å². The number of anilines is 1. The maximum atomic E-state index is 5.92. The third-order valence-corrected chi connectivity index (χ3v) is 3.41. The van der Waals surface area contributed by atoms with Crippen molar-refractivity contribution in [3.05, 3.63) is 66.7 Å². The molecule has 1 heterocycles. The highest BCUT2D eigenvalue weighted by Gasteiger charge is 1.99. The van der Waals surface area contributed by atoms with Gasteiger partial charge in [-0.25, -0.2) is 14.7 Å². The first-order chi connectivity index (χ1) is 11.7. The number of nitrogens with zero attached hydrogens (tertiary/aromatic N) is 4. The molecule has 3 N–H and O–H groups in total. The van der Waals surface area contributed by atoms with Crippen molar-refractivity contribution in [1.29, 1.82) is 0 Å². The lowest BCUT2D eigenvalue weighted by atomic mass is 10.2. The molecule has 24 heavy (non-hydrogen) atoms. The van der Waals surface area contributed by atoms with Crippen LogP contribution in [0.25, 0.3) is 5.69 Å². The van der Waals surface area contributed by atoms with Crippen molar-refractivity contribution in [2.75, 3.05) is 12.4 Å². The first kappa shape index (κ1) is 15.5. The molecular formula is C17H18N6O. The molecule has 3 rings (SSSR count). The van der Waals surface area contributed by atoms with Crippen molar-refractivity contribution in [2.24, 2.45) is 10.7 Å². The summed E-state index contributed by atoms with van der Waals surface area (Å²) in [6.07, 6.45) is 3.16. The zero-order valence-corrected chi connectivity index (χ0v) is 13.3. The Bertz CT molecular complexity index is 794. The largest absolute Gasteiger partial charge is 0.497 e. The van der Waals surface area contributed by atoms with Crippen LogP contribution in [0.3, 0.4) is 0 Å². The molecule has 0 radical (unpaired) electrons. The summed E-state index contributed by atoms with van der Waals surface area (Å²) >= 11 is 0. The monoisotopic (exact) mass is 322 g/mol. The number of methoxy groups -OCH3 is 1. The summed E-state index contributed by atoms with van der Waals surface area (Å²) < 4.78 is 6.82. The van der Waals surface area contributed by atoms with Gasteiger partial charge in [-0.1, -0.05) is 12.1 Å². The van der Waals surface area contributed by atoms with Gasteiger partial charge in [0.25, 0.3) is 0 Å². The van der Waals surface area contributed by atoms with E-state index in [0.29, 0.717) is 12.5 Å². The lowest BCUT2D eigenvalue weighted by molar-refractivity contribution is 0.415. The van der Waals surface area contributed by atoms with Gasteiger partial charge in [0.1, 0.15) is 18.4 Å². The molecule has 2 aromatic carbocycles. The predicted octanol–water partition coefficient (Wildman–Crippen LogP) is 2.20.